The summed E-state index contributed by atoms with van der Waals surface area (Å²) >= 11 is 0. The number of pyridine rings is 1. The Labute approximate surface area is 233 Å². The largest absolute Gasteiger partial charge is 0.388 e. The van der Waals surface area contributed by atoms with Crippen LogP contribution in [0.4, 0.5) is 17.3 Å². The average molecular weight is 529 g/mol. The Morgan fingerprint density at radius 1 is 1.08 bits per heavy atom. The van der Waals surface area contributed by atoms with Gasteiger partial charge in [0.15, 0.2) is 5.78 Å². The van der Waals surface area contributed by atoms with Crippen LogP contribution in [0, 0.1) is 25.7 Å². The fourth-order valence-electron chi connectivity index (χ4n) is 5.73. The van der Waals surface area contributed by atoms with Gasteiger partial charge in [0, 0.05) is 49.2 Å². The Balaban J connectivity index is 1.31. The van der Waals surface area contributed by atoms with Crippen molar-refractivity contribution in [2.24, 2.45) is 11.8 Å². The van der Waals surface area contributed by atoms with Gasteiger partial charge in [-0.1, -0.05) is 26.7 Å². The number of aromatic nitrogens is 3. The zero-order valence-electron chi connectivity index (χ0n) is 24.2. The minimum absolute atomic E-state index is 0.258. The first-order valence-corrected chi connectivity index (χ1v) is 14.5. The van der Waals surface area contributed by atoms with Crippen molar-refractivity contribution >= 4 is 23.1 Å². The van der Waals surface area contributed by atoms with E-state index in [2.05, 4.69) is 39.8 Å². The van der Waals surface area contributed by atoms with Crippen molar-refractivity contribution in [2.75, 3.05) is 17.7 Å². The molecule has 7 heteroatoms. The van der Waals surface area contributed by atoms with Gasteiger partial charge in [-0.05, 0) is 92.8 Å². The molecule has 0 spiro atoms. The predicted molar refractivity (Wildman–Crippen MR) is 160 cm³/mol. The molecule has 1 fully saturated rings. The molecule has 3 atom stereocenters. The maximum atomic E-state index is 12.9. The Morgan fingerprint density at radius 3 is 2.64 bits per heavy atom. The molecule has 1 aromatic carbocycles. The normalized spacial score (nSPS) is 19.4. The number of nitrogens with zero attached hydrogens (tertiary/aromatic N) is 3. The molecule has 0 saturated heterocycles. The Bertz CT molecular complexity index is 1240. The fourth-order valence-corrected chi connectivity index (χ4v) is 5.73. The Morgan fingerprint density at radius 2 is 1.92 bits per heavy atom. The summed E-state index contributed by atoms with van der Waals surface area (Å²) < 4.78 is 0. The highest BCUT2D eigenvalue weighted by atomic mass is 16.1. The average Bonchev–Trinajstić information content (AvgIpc) is 3.12. The molecule has 1 aliphatic rings. The number of Topliss-reactive ketones (excluding diaryl/α,β-unsaturated/α-hetero) is 1. The molecule has 0 bridgehead atoms. The Hall–Kier alpha value is -3.32. The number of hydrogen-bond donors (Lipinski definition) is 3. The van der Waals surface area contributed by atoms with E-state index in [0.717, 1.165) is 66.1 Å². The first-order chi connectivity index (χ1) is 18.9. The Kier molecular flexibility index (Phi) is 10.0. The summed E-state index contributed by atoms with van der Waals surface area (Å²) in [6.07, 6.45) is 10.9. The van der Waals surface area contributed by atoms with Crippen LogP contribution in [0.25, 0.3) is 0 Å². The summed E-state index contributed by atoms with van der Waals surface area (Å²) in [5.41, 5.74) is 7.11. The number of carbonyl (C=O) groups is 1. The molecule has 2 heterocycles. The summed E-state index contributed by atoms with van der Waals surface area (Å²) in [6.45, 7) is 9.26. The molecule has 1 aliphatic carbocycles. The molecule has 0 aliphatic heterocycles. The maximum absolute atomic E-state index is 12.9. The van der Waals surface area contributed by atoms with Crippen molar-refractivity contribution in [1.29, 1.82) is 0 Å². The van der Waals surface area contributed by atoms with Crippen molar-refractivity contribution in [3.8, 4) is 0 Å². The van der Waals surface area contributed by atoms with Crippen LogP contribution in [0.3, 0.4) is 0 Å². The third kappa shape index (κ3) is 7.85. The van der Waals surface area contributed by atoms with Crippen LogP contribution < -0.4 is 16.0 Å². The summed E-state index contributed by atoms with van der Waals surface area (Å²) in [4.78, 5) is 26.6. The number of rotatable bonds is 11. The number of hydrogen-bond acceptors (Lipinski definition) is 7. The summed E-state index contributed by atoms with van der Waals surface area (Å²) in [5.74, 6) is 2.02. The van der Waals surface area contributed by atoms with Crippen LogP contribution >= 0.6 is 0 Å². The summed E-state index contributed by atoms with van der Waals surface area (Å²) in [7, 11) is 1.91. The van der Waals surface area contributed by atoms with E-state index in [1.54, 1.807) is 0 Å². The van der Waals surface area contributed by atoms with Crippen molar-refractivity contribution in [3.05, 3.63) is 70.8 Å². The van der Waals surface area contributed by atoms with Crippen molar-refractivity contribution < 1.29 is 4.79 Å². The number of aryl methyl sites for hydroxylation is 3. The van der Waals surface area contributed by atoms with Crippen LogP contribution in [0.5, 0.6) is 0 Å². The van der Waals surface area contributed by atoms with Gasteiger partial charge < -0.3 is 16.0 Å². The zero-order valence-corrected chi connectivity index (χ0v) is 24.2. The highest BCUT2D eigenvalue weighted by Gasteiger charge is 2.26. The van der Waals surface area contributed by atoms with E-state index in [1.165, 1.54) is 18.4 Å². The molecule has 3 aromatic rings. The van der Waals surface area contributed by atoms with Crippen LogP contribution in [0.15, 0.2) is 42.7 Å². The third-order valence-electron chi connectivity index (χ3n) is 8.21. The molecular formula is C32H44N6O. The number of ketones is 1. The number of nitrogens with one attached hydrogen (secondary N) is 3. The zero-order chi connectivity index (χ0) is 27.8. The van der Waals surface area contributed by atoms with Gasteiger partial charge in [-0.25, -0.2) is 9.97 Å². The number of benzene rings is 1. The second-order valence-corrected chi connectivity index (χ2v) is 11.1. The lowest BCUT2D eigenvalue weighted by Crippen LogP contribution is -2.31. The molecule has 1 unspecified atom stereocenters. The smallest absolute Gasteiger partial charge is 0.227 e. The van der Waals surface area contributed by atoms with Crippen LogP contribution in [-0.2, 0) is 13.0 Å². The van der Waals surface area contributed by atoms with Crippen molar-refractivity contribution in [2.45, 2.75) is 85.2 Å². The molecule has 2 aromatic heterocycles. The highest BCUT2D eigenvalue weighted by molar-refractivity contribution is 5.96. The van der Waals surface area contributed by atoms with E-state index in [-0.39, 0.29) is 5.78 Å². The van der Waals surface area contributed by atoms with Gasteiger partial charge >= 0.3 is 0 Å². The molecule has 1 saturated carbocycles. The minimum atomic E-state index is 0.258. The van der Waals surface area contributed by atoms with Crippen LogP contribution in [-0.4, -0.2) is 33.8 Å². The van der Waals surface area contributed by atoms with Crippen LogP contribution in [0.1, 0.15) is 85.2 Å². The topological polar surface area (TPSA) is 91.8 Å². The number of carbonyl (C=O) groups excluding carboxylic acids is 1. The maximum Gasteiger partial charge on any atom is 0.227 e. The first-order valence-electron chi connectivity index (χ1n) is 14.5. The first kappa shape index (κ1) is 28.7. The lowest BCUT2D eigenvalue weighted by atomic mass is 9.84. The molecule has 0 radical (unpaired) electrons. The molecule has 0 amide bonds. The third-order valence-corrected chi connectivity index (χ3v) is 8.21. The lowest BCUT2D eigenvalue weighted by molar-refractivity contribution is 0.0967. The van der Waals surface area contributed by atoms with Gasteiger partial charge in [0.2, 0.25) is 5.95 Å². The molecule has 7 nitrogen and oxygen atoms in total. The quantitative estimate of drug-likeness (QED) is 0.186. The van der Waals surface area contributed by atoms with Crippen molar-refractivity contribution in [1.82, 2.24) is 20.3 Å². The van der Waals surface area contributed by atoms with Gasteiger partial charge in [0.05, 0.1) is 17.6 Å². The highest BCUT2D eigenvalue weighted by Crippen LogP contribution is 2.33. The molecule has 208 valence electrons. The van der Waals surface area contributed by atoms with E-state index < -0.39 is 0 Å². The molecular weight excluding hydrogens is 484 g/mol. The number of anilines is 3. The van der Waals surface area contributed by atoms with E-state index in [1.807, 2.05) is 63.6 Å². The van der Waals surface area contributed by atoms with E-state index in [4.69, 9.17) is 4.98 Å². The SMILES string of the molecule is CCc1cnc(Nc2ccc(C)nc2)nc1CN[C@H]1CCCC(CCC(=O)c2ccc(NC)c(C)c2)[C@H](C)C1. The van der Waals surface area contributed by atoms with E-state index in [9.17, 15) is 4.79 Å². The van der Waals surface area contributed by atoms with Gasteiger partial charge in [0.1, 0.15) is 0 Å². The fraction of sp³-hybridized carbons (Fsp3) is 0.500. The summed E-state index contributed by atoms with van der Waals surface area (Å²) in [6, 6.07) is 10.4. The molecule has 4 rings (SSSR count). The predicted octanol–water partition coefficient (Wildman–Crippen LogP) is 6.78. The van der Waals surface area contributed by atoms with Gasteiger partial charge in [-0.15, -0.1) is 0 Å². The van der Waals surface area contributed by atoms with Crippen LogP contribution in [0.2, 0.25) is 0 Å². The van der Waals surface area contributed by atoms with Gasteiger partial charge in [-0.2, -0.15) is 0 Å². The monoisotopic (exact) mass is 528 g/mol. The van der Waals surface area contributed by atoms with E-state index in [0.29, 0.717) is 30.2 Å². The second-order valence-electron chi connectivity index (χ2n) is 11.1. The van der Waals surface area contributed by atoms with Gasteiger partial charge in [-0.3, -0.25) is 9.78 Å². The van der Waals surface area contributed by atoms with Crippen molar-refractivity contribution in [3.63, 3.8) is 0 Å². The molecule has 3 N–H and O–H groups in total. The standard InChI is InChI=1S/C32H44N6O/c1-6-24-18-36-32(37-28-13-10-23(4)34-19-28)38-30(24)20-35-27-9-7-8-25(21(2)17-27)12-15-31(39)26-11-14-29(33-5)22(3)16-26/h10-11,13-14,16,18-19,21,25,27,33,35H,6-9,12,15,17,20H2,1-5H3,(H,36,37,38)/t21-,25?,27+/m1/s1. The minimum Gasteiger partial charge on any atom is -0.388 e. The van der Waals surface area contributed by atoms with E-state index >= 15 is 0 Å². The second kappa shape index (κ2) is 13.7. The molecule has 39 heavy (non-hydrogen) atoms. The lowest BCUT2D eigenvalue weighted by Gasteiger charge is -2.24. The van der Waals surface area contributed by atoms with Gasteiger partial charge in [0.25, 0.3) is 0 Å². The summed E-state index contributed by atoms with van der Waals surface area (Å²) in [5, 5.41) is 10.3.